The second-order valence-electron chi connectivity index (χ2n) is 9.64. The van der Waals surface area contributed by atoms with Crippen LogP contribution in [-0.2, 0) is 22.2 Å². The predicted molar refractivity (Wildman–Crippen MR) is 148 cm³/mol. The number of nitrogens with zero attached hydrogens (tertiary/aromatic N) is 3. The van der Waals surface area contributed by atoms with E-state index in [4.69, 9.17) is 0 Å². The summed E-state index contributed by atoms with van der Waals surface area (Å²) >= 11 is 0. The quantitative estimate of drug-likeness (QED) is 0.443. The fourth-order valence-electron chi connectivity index (χ4n) is 4.64. The minimum Gasteiger partial charge on any atom is -0.346 e. The number of hydrogen-bond donors (Lipinski definition) is 3. The topological polar surface area (TPSA) is 96.3 Å². The van der Waals surface area contributed by atoms with Gasteiger partial charge >= 0.3 is 0 Å². The van der Waals surface area contributed by atoms with Crippen LogP contribution in [0.5, 0.6) is 0 Å². The second kappa shape index (κ2) is 15.8. The molecule has 200 valence electrons. The van der Waals surface area contributed by atoms with Gasteiger partial charge in [0.15, 0.2) is 8.03 Å². The monoisotopic (exact) mass is 536 g/mol. The Morgan fingerprint density at radius 2 is 1.28 bits per heavy atom. The Morgan fingerprint density at radius 1 is 0.750 bits per heavy atom. The van der Waals surface area contributed by atoms with Gasteiger partial charge in [0, 0.05) is 39.3 Å². The molecular weight excluding hydrogens is 494 g/mol. The molecule has 3 N–H and O–H groups in total. The average Bonchev–Trinajstić information content (AvgIpc) is 2.84. The molecule has 1 saturated heterocycles. The van der Waals surface area contributed by atoms with Crippen molar-refractivity contribution in [2.24, 2.45) is 0 Å². The third-order valence-electron chi connectivity index (χ3n) is 6.42. The Balaban J connectivity index is 1.67. The maximum Gasteiger partial charge on any atom is 0.223 e. The minimum atomic E-state index is -3.70. The van der Waals surface area contributed by atoms with Crippen molar-refractivity contribution in [3.05, 3.63) is 71.8 Å². The van der Waals surface area contributed by atoms with Crippen molar-refractivity contribution in [3.8, 4) is 0 Å². The summed E-state index contributed by atoms with van der Waals surface area (Å²) in [4.78, 5) is 26.5. The van der Waals surface area contributed by atoms with E-state index >= 15 is 0 Å². The van der Waals surface area contributed by atoms with Gasteiger partial charge in [0.2, 0.25) is 7.37 Å². The van der Waals surface area contributed by atoms with Gasteiger partial charge < -0.3 is 15.1 Å². The third-order valence-corrected chi connectivity index (χ3v) is 10.3. The van der Waals surface area contributed by atoms with Crippen LogP contribution in [0.25, 0.3) is 0 Å². The molecule has 0 bridgehead atoms. The Morgan fingerprint density at radius 3 is 1.89 bits per heavy atom. The van der Waals surface area contributed by atoms with E-state index in [1.807, 2.05) is 29.2 Å². The van der Waals surface area contributed by atoms with Crippen LogP contribution < -0.4 is 5.32 Å². The number of rotatable bonds is 8. The fraction of sp³-hybridized carbons (Fsp3) is 0.538. The second-order valence-corrected chi connectivity index (χ2v) is 13.7. The van der Waals surface area contributed by atoms with Crippen LogP contribution in [0.15, 0.2) is 60.7 Å². The SMILES string of the molecule is O=[PH](O)CP(=O)(O)CN1CCCN(Cc2ccccc2)CCNCCCN(Cc2ccccc2)CC1. The van der Waals surface area contributed by atoms with Gasteiger partial charge in [0.05, 0.1) is 6.29 Å². The van der Waals surface area contributed by atoms with Crippen LogP contribution >= 0.6 is 15.4 Å². The van der Waals surface area contributed by atoms with Crippen molar-refractivity contribution < 1.29 is 18.9 Å². The molecule has 1 aliphatic heterocycles. The molecule has 0 saturated carbocycles. The van der Waals surface area contributed by atoms with E-state index in [0.717, 1.165) is 65.2 Å². The highest BCUT2D eigenvalue weighted by molar-refractivity contribution is 7.68. The van der Waals surface area contributed by atoms with Gasteiger partial charge in [-0.2, -0.15) is 0 Å². The number of nitrogens with one attached hydrogen (secondary N) is 1. The first-order valence-electron chi connectivity index (χ1n) is 12.9. The summed E-state index contributed by atoms with van der Waals surface area (Å²) in [6.07, 6.45) is 1.85. The lowest BCUT2D eigenvalue weighted by atomic mass is 10.2. The molecule has 0 spiro atoms. The smallest absolute Gasteiger partial charge is 0.223 e. The van der Waals surface area contributed by atoms with E-state index in [-0.39, 0.29) is 6.29 Å². The standard InChI is InChI=1S/C26H42N4O4P2/c31-35(32)24-36(33,34)23-30-17-8-16-28(21-25-9-3-1-4-10-25)18-14-27-13-7-15-29(19-20-30)22-26-11-5-2-6-12-26/h1-6,9-12,27,35H,7-8,13-24H2,(H,31,32)(H,33,34). The zero-order valence-electron chi connectivity index (χ0n) is 21.2. The molecule has 1 heterocycles. The highest BCUT2D eigenvalue weighted by atomic mass is 31.2. The lowest BCUT2D eigenvalue weighted by Crippen LogP contribution is -2.40. The van der Waals surface area contributed by atoms with E-state index in [1.54, 1.807) is 0 Å². The maximum absolute atomic E-state index is 12.7. The first-order chi connectivity index (χ1) is 17.4. The van der Waals surface area contributed by atoms with Gasteiger partial charge in [-0.1, -0.05) is 60.7 Å². The molecule has 10 heteroatoms. The number of benzene rings is 2. The maximum atomic E-state index is 12.7. The van der Waals surface area contributed by atoms with Crippen molar-refractivity contribution in [1.29, 1.82) is 0 Å². The fourth-order valence-corrected chi connectivity index (χ4v) is 7.64. The van der Waals surface area contributed by atoms with Gasteiger partial charge in [0.1, 0.15) is 5.90 Å². The summed E-state index contributed by atoms with van der Waals surface area (Å²) in [5.41, 5.74) is 2.53. The van der Waals surface area contributed by atoms with Gasteiger partial charge in [-0.05, 0) is 50.1 Å². The molecule has 1 fully saturated rings. The van der Waals surface area contributed by atoms with E-state index in [1.165, 1.54) is 11.1 Å². The average molecular weight is 537 g/mol. The lowest BCUT2D eigenvalue weighted by Gasteiger charge is -2.30. The van der Waals surface area contributed by atoms with Crippen LogP contribution in [0.4, 0.5) is 0 Å². The zero-order chi connectivity index (χ0) is 25.6. The van der Waals surface area contributed by atoms with E-state index in [0.29, 0.717) is 13.1 Å². The van der Waals surface area contributed by atoms with Crippen LogP contribution in [-0.4, -0.2) is 89.0 Å². The Hall–Kier alpha value is -1.34. The van der Waals surface area contributed by atoms with E-state index < -0.39 is 21.3 Å². The zero-order valence-corrected chi connectivity index (χ0v) is 23.1. The summed E-state index contributed by atoms with van der Waals surface area (Å²) in [6.45, 7) is 8.43. The Kier molecular flexibility index (Phi) is 12.8. The van der Waals surface area contributed by atoms with Gasteiger partial charge in [-0.3, -0.25) is 23.8 Å². The molecule has 0 radical (unpaired) electrons. The molecule has 0 amide bonds. The highest BCUT2D eigenvalue weighted by Crippen LogP contribution is 2.47. The van der Waals surface area contributed by atoms with E-state index in [9.17, 15) is 18.9 Å². The van der Waals surface area contributed by atoms with Crippen LogP contribution in [0, 0.1) is 0 Å². The van der Waals surface area contributed by atoms with Crippen molar-refractivity contribution >= 4 is 15.4 Å². The van der Waals surface area contributed by atoms with Crippen LogP contribution in [0.3, 0.4) is 0 Å². The summed E-state index contributed by atoms with van der Waals surface area (Å²) in [5, 5.41) is 3.60. The molecule has 2 aromatic carbocycles. The molecule has 0 aliphatic carbocycles. The molecule has 2 unspecified atom stereocenters. The highest BCUT2D eigenvalue weighted by Gasteiger charge is 2.25. The van der Waals surface area contributed by atoms with Gasteiger partial charge in [-0.15, -0.1) is 0 Å². The Labute approximate surface area is 216 Å². The summed E-state index contributed by atoms with van der Waals surface area (Å²) in [6, 6.07) is 20.8. The Bertz CT molecular complexity index is 951. The normalized spacial score (nSPS) is 20.8. The molecule has 1 aliphatic rings. The first-order valence-corrected chi connectivity index (χ1v) is 16.5. The van der Waals surface area contributed by atoms with Crippen molar-refractivity contribution in [3.63, 3.8) is 0 Å². The number of hydrogen-bond acceptors (Lipinski definition) is 6. The summed E-state index contributed by atoms with van der Waals surface area (Å²) < 4.78 is 24.0. The summed E-state index contributed by atoms with van der Waals surface area (Å²) in [7, 11) is -6.70. The molecule has 8 nitrogen and oxygen atoms in total. The molecular formula is C26H42N4O4P2. The minimum absolute atomic E-state index is 0.0383. The largest absolute Gasteiger partial charge is 0.346 e. The first kappa shape index (κ1) is 29.2. The van der Waals surface area contributed by atoms with Crippen molar-refractivity contribution in [2.45, 2.75) is 25.9 Å². The molecule has 2 aromatic rings. The van der Waals surface area contributed by atoms with Crippen molar-refractivity contribution in [2.75, 3.05) is 64.5 Å². The van der Waals surface area contributed by atoms with Gasteiger partial charge in [-0.25, -0.2) is 0 Å². The third kappa shape index (κ3) is 11.8. The van der Waals surface area contributed by atoms with E-state index in [2.05, 4.69) is 51.5 Å². The molecule has 36 heavy (non-hydrogen) atoms. The van der Waals surface area contributed by atoms with Gasteiger partial charge in [0.25, 0.3) is 0 Å². The molecule has 0 aromatic heterocycles. The summed E-state index contributed by atoms with van der Waals surface area (Å²) in [5.74, 6) is -0.506. The van der Waals surface area contributed by atoms with Crippen LogP contribution in [0.2, 0.25) is 0 Å². The van der Waals surface area contributed by atoms with Crippen molar-refractivity contribution in [1.82, 2.24) is 20.0 Å². The predicted octanol–water partition coefficient (Wildman–Crippen LogP) is 3.33. The van der Waals surface area contributed by atoms with Crippen LogP contribution in [0.1, 0.15) is 24.0 Å². The molecule has 2 atom stereocenters. The molecule has 3 rings (SSSR count). The lowest BCUT2D eigenvalue weighted by molar-refractivity contribution is 0.190.